The van der Waals surface area contributed by atoms with Gasteiger partial charge in [-0.05, 0) is 141 Å². The molecular weight excluding hydrogens is 580 g/mol. The minimum atomic E-state index is -0.860. The second kappa shape index (κ2) is 11.1. The molecule has 5 aliphatic rings. The van der Waals surface area contributed by atoms with Crippen molar-refractivity contribution >= 4 is 18.0 Å². The van der Waals surface area contributed by atoms with Crippen LogP contribution >= 0.6 is 0 Å². The summed E-state index contributed by atoms with van der Waals surface area (Å²) in [5.41, 5.74) is -0.0694. The fourth-order valence-corrected chi connectivity index (χ4v) is 12.7. The molecule has 4 N–H and O–H groups in total. The van der Waals surface area contributed by atoms with Crippen LogP contribution in [0.2, 0.25) is 0 Å². The highest BCUT2D eigenvalue weighted by molar-refractivity contribution is 5.87. The highest BCUT2D eigenvalue weighted by Gasteiger charge is 2.74. The summed E-state index contributed by atoms with van der Waals surface area (Å²) in [6.45, 7) is 15.9. The van der Waals surface area contributed by atoms with Crippen molar-refractivity contribution in [3.63, 3.8) is 0 Å². The Balaban J connectivity index is 1.31. The van der Waals surface area contributed by atoms with Gasteiger partial charge in [0.2, 0.25) is 0 Å². The number of carbonyl (C=O) groups excluding carboxylic acids is 1. The average Bonchev–Trinajstić information content (AvgIpc) is 3.39. The summed E-state index contributed by atoms with van der Waals surface area (Å²) < 4.78 is 5.98. The zero-order chi connectivity index (χ0) is 33.4. The Morgan fingerprint density at radius 3 is 2.35 bits per heavy atom. The Hall–Kier alpha value is -2.80. The molecule has 0 aromatic heterocycles. The number of ether oxygens (including phenoxy) is 1. The lowest BCUT2D eigenvalue weighted by atomic mass is 9.32. The molecule has 0 aliphatic heterocycles. The van der Waals surface area contributed by atoms with Gasteiger partial charge in [-0.15, -0.1) is 0 Å². The van der Waals surface area contributed by atoms with Crippen LogP contribution in [-0.2, 0) is 14.3 Å². The van der Waals surface area contributed by atoms with Gasteiger partial charge in [-0.25, -0.2) is 4.79 Å². The van der Waals surface area contributed by atoms with Crippen LogP contribution in [0.15, 0.2) is 36.4 Å². The maximum absolute atomic E-state index is 13.9. The van der Waals surface area contributed by atoms with Gasteiger partial charge in [0.05, 0.1) is 18.1 Å². The molecule has 252 valence electrons. The van der Waals surface area contributed by atoms with Gasteiger partial charge in [-0.1, -0.05) is 45.9 Å². The Bertz CT molecular complexity index is 1450. The standard InChI is InChI=1S/C39H54O7/c1-23(2)25-13-18-38(22-46-32(43)12-8-24-7-10-27(40)28(41)21-24)19-20-39(34(44)45)26(33(25)38)9-11-30-36(5)16-15-31(42)35(3,4)29(36)14-17-37(30,39)6/h7-8,10,12,21,25-26,29-31,33,40-42H,1,9,11,13-20,22H2,2-6H3,(H,44,45)/b12-8+/t25-,26+,29-,30+,31-,33+,36-,37+,38+,39+/m0/s1. The third-order valence-corrected chi connectivity index (χ3v) is 14.9. The van der Waals surface area contributed by atoms with Crippen molar-refractivity contribution in [2.75, 3.05) is 6.61 Å². The van der Waals surface area contributed by atoms with Crippen LogP contribution in [-0.4, -0.2) is 45.1 Å². The molecule has 0 bridgehead atoms. The van der Waals surface area contributed by atoms with Crippen LogP contribution in [0.25, 0.3) is 6.08 Å². The number of phenolic OH excluding ortho intramolecular Hbond substituents is 2. The van der Waals surface area contributed by atoms with Gasteiger partial charge < -0.3 is 25.2 Å². The van der Waals surface area contributed by atoms with Crippen molar-refractivity contribution in [2.24, 2.45) is 56.7 Å². The Kier molecular flexibility index (Phi) is 8.02. The van der Waals surface area contributed by atoms with Crippen LogP contribution in [0.5, 0.6) is 11.5 Å². The van der Waals surface area contributed by atoms with Gasteiger partial charge in [0.1, 0.15) is 0 Å². The Labute approximate surface area is 274 Å². The van der Waals surface area contributed by atoms with E-state index in [1.165, 1.54) is 18.2 Å². The lowest BCUT2D eigenvalue weighted by Gasteiger charge is -2.72. The summed E-state index contributed by atoms with van der Waals surface area (Å²) in [4.78, 5) is 26.9. The number of aliphatic hydroxyl groups excluding tert-OH is 1. The number of rotatable bonds is 6. The third-order valence-electron chi connectivity index (χ3n) is 14.9. The zero-order valence-corrected chi connectivity index (χ0v) is 28.3. The van der Waals surface area contributed by atoms with Crippen molar-refractivity contribution in [2.45, 2.75) is 105 Å². The van der Waals surface area contributed by atoms with E-state index in [1.54, 1.807) is 12.1 Å². The number of carboxylic acids is 1. The molecule has 5 fully saturated rings. The summed E-state index contributed by atoms with van der Waals surface area (Å²) in [5.74, 6) is -0.730. The number of aliphatic hydroxyl groups is 1. The first-order valence-electron chi connectivity index (χ1n) is 17.5. The van der Waals surface area contributed by atoms with E-state index < -0.39 is 17.4 Å². The average molecular weight is 635 g/mol. The molecule has 0 unspecified atom stereocenters. The van der Waals surface area contributed by atoms with E-state index in [0.717, 1.165) is 56.9 Å². The van der Waals surface area contributed by atoms with Crippen LogP contribution in [0.1, 0.15) is 104 Å². The van der Waals surface area contributed by atoms with E-state index in [9.17, 15) is 30.0 Å². The summed E-state index contributed by atoms with van der Waals surface area (Å²) in [6.07, 6.45) is 11.1. The second-order valence-electron chi connectivity index (χ2n) is 17.0. The first kappa shape index (κ1) is 33.1. The second-order valence-corrected chi connectivity index (χ2v) is 17.0. The Morgan fingerprint density at radius 2 is 1.67 bits per heavy atom. The van der Waals surface area contributed by atoms with E-state index >= 15 is 0 Å². The lowest BCUT2D eigenvalue weighted by molar-refractivity contribution is -0.256. The molecule has 0 spiro atoms. The van der Waals surface area contributed by atoms with Gasteiger partial charge >= 0.3 is 11.9 Å². The molecule has 7 heteroatoms. The molecule has 0 saturated heterocycles. The summed E-state index contributed by atoms with van der Waals surface area (Å²) in [5, 5.41) is 41.8. The number of hydrogen-bond acceptors (Lipinski definition) is 6. The van der Waals surface area contributed by atoms with Gasteiger partial charge in [-0.2, -0.15) is 0 Å². The molecule has 5 saturated carbocycles. The predicted molar refractivity (Wildman–Crippen MR) is 177 cm³/mol. The topological polar surface area (TPSA) is 124 Å². The molecule has 10 atom stereocenters. The predicted octanol–water partition coefficient (Wildman–Crippen LogP) is 7.74. The monoisotopic (exact) mass is 634 g/mol. The number of carbonyl (C=O) groups is 2. The van der Waals surface area contributed by atoms with Crippen molar-refractivity contribution in [1.82, 2.24) is 0 Å². The maximum atomic E-state index is 13.9. The maximum Gasteiger partial charge on any atom is 0.330 e. The molecular formula is C39H54O7. The largest absolute Gasteiger partial charge is 0.504 e. The minimum Gasteiger partial charge on any atom is -0.504 e. The van der Waals surface area contributed by atoms with E-state index in [0.29, 0.717) is 24.3 Å². The molecule has 0 amide bonds. The number of aromatic hydroxyl groups is 2. The zero-order valence-electron chi connectivity index (χ0n) is 28.3. The fourth-order valence-electron chi connectivity index (χ4n) is 12.7. The van der Waals surface area contributed by atoms with E-state index in [-0.39, 0.29) is 69.5 Å². The molecule has 0 radical (unpaired) electrons. The molecule has 0 heterocycles. The van der Waals surface area contributed by atoms with Gasteiger partial charge in [0, 0.05) is 11.5 Å². The van der Waals surface area contributed by atoms with Crippen molar-refractivity contribution in [3.05, 3.63) is 42.0 Å². The molecule has 6 rings (SSSR count). The number of esters is 1. The van der Waals surface area contributed by atoms with Crippen LogP contribution < -0.4 is 0 Å². The number of fused-ring (bicyclic) bond motifs is 7. The van der Waals surface area contributed by atoms with Gasteiger partial charge in [0.15, 0.2) is 11.5 Å². The summed E-state index contributed by atoms with van der Waals surface area (Å²) in [7, 11) is 0. The number of hydrogen-bond donors (Lipinski definition) is 4. The highest BCUT2D eigenvalue weighted by Crippen LogP contribution is 2.77. The minimum absolute atomic E-state index is 0.0166. The number of benzene rings is 1. The van der Waals surface area contributed by atoms with Crippen LogP contribution in [0.3, 0.4) is 0 Å². The molecule has 1 aromatic rings. The third kappa shape index (κ3) is 4.61. The summed E-state index contributed by atoms with van der Waals surface area (Å²) >= 11 is 0. The van der Waals surface area contributed by atoms with Crippen molar-refractivity contribution in [3.8, 4) is 11.5 Å². The number of phenols is 2. The first-order valence-corrected chi connectivity index (χ1v) is 17.5. The van der Waals surface area contributed by atoms with Crippen LogP contribution in [0.4, 0.5) is 0 Å². The molecule has 5 aliphatic carbocycles. The van der Waals surface area contributed by atoms with Crippen LogP contribution in [0, 0.1) is 56.7 Å². The number of carboxylic acid groups (broad SMARTS) is 1. The molecule has 1 aromatic carbocycles. The van der Waals surface area contributed by atoms with E-state index in [4.69, 9.17) is 4.74 Å². The number of allylic oxidation sites excluding steroid dienone is 1. The van der Waals surface area contributed by atoms with Gasteiger partial charge in [0.25, 0.3) is 0 Å². The molecule has 46 heavy (non-hydrogen) atoms. The number of aliphatic carboxylic acids is 1. The first-order chi connectivity index (χ1) is 21.5. The quantitative estimate of drug-likeness (QED) is 0.109. The highest BCUT2D eigenvalue weighted by atomic mass is 16.5. The SMILES string of the molecule is C=C(C)[C@@H]1CC[C@]2(COC(=O)/C=C/c3ccc(O)c(O)c3)CC[C@]3(C(=O)O)[C@H](CC[C@@H]4[C@@]5(C)CC[C@H](O)C(C)(C)[C@@H]5CC[C@]43C)[C@@H]12. The lowest BCUT2D eigenvalue weighted by Crippen LogP contribution is -2.69. The Morgan fingerprint density at radius 1 is 0.935 bits per heavy atom. The van der Waals surface area contributed by atoms with Gasteiger partial charge in [-0.3, -0.25) is 4.79 Å². The smallest absolute Gasteiger partial charge is 0.330 e. The normalized spacial score (nSPS) is 42.7. The van der Waals surface area contributed by atoms with Crippen molar-refractivity contribution in [1.29, 1.82) is 0 Å². The summed E-state index contributed by atoms with van der Waals surface area (Å²) in [6, 6.07) is 4.36. The van der Waals surface area contributed by atoms with Crippen molar-refractivity contribution < 1.29 is 34.8 Å². The van der Waals surface area contributed by atoms with E-state index in [2.05, 4.69) is 41.2 Å². The fraction of sp³-hybridized carbons (Fsp3) is 0.692. The molecule has 7 nitrogen and oxygen atoms in total. The van der Waals surface area contributed by atoms with E-state index in [1.807, 2.05) is 0 Å².